The second-order valence-corrected chi connectivity index (χ2v) is 7.46. The maximum atomic E-state index is 3.62. The first-order valence-corrected chi connectivity index (χ1v) is 7.72. The molecule has 2 nitrogen and oxygen atoms in total. The highest BCUT2D eigenvalue weighted by molar-refractivity contribution is 8.00. The van der Waals surface area contributed by atoms with Gasteiger partial charge >= 0.3 is 0 Å². The minimum absolute atomic E-state index is 0.747. The smallest absolute Gasteiger partial charge is 0.0149 e. The average Bonchev–Trinajstić information content (AvgIpc) is 3.00. The zero-order valence-corrected chi connectivity index (χ0v) is 11.7. The first-order valence-electron chi connectivity index (χ1n) is 6.78. The highest BCUT2D eigenvalue weighted by Gasteiger charge is 2.26. The molecule has 1 aliphatic heterocycles. The van der Waals surface area contributed by atoms with Crippen molar-refractivity contribution in [1.29, 1.82) is 0 Å². The summed E-state index contributed by atoms with van der Waals surface area (Å²) < 4.78 is 0. The maximum Gasteiger partial charge on any atom is 0.0149 e. The summed E-state index contributed by atoms with van der Waals surface area (Å²) >= 11 is 2.14. The molecule has 0 amide bonds. The molecule has 0 aromatic carbocycles. The van der Waals surface area contributed by atoms with E-state index in [2.05, 4.69) is 42.7 Å². The molecule has 0 aromatic rings. The van der Waals surface area contributed by atoms with Gasteiger partial charge in [0, 0.05) is 35.7 Å². The number of nitrogens with one attached hydrogen (secondary N) is 1. The van der Waals surface area contributed by atoms with Crippen molar-refractivity contribution in [2.75, 3.05) is 19.6 Å². The Morgan fingerprint density at radius 2 is 1.88 bits per heavy atom. The van der Waals surface area contributed by atoms with Gasteiger partial charge in [0.1, 0.15) is 0 Å². The second-order valence-electron chi connectivity index (χ2n) is 5.58. The molecule has 2 rings (SSSR count). The molecule has 1 saturated carbocycles. The van der Waals surface area contributed by atoms with Gasteiger partial charge in [-0.05, 0) is 32.7 Å². The third kappa shape index (κ3) is 3.94. The average molecular weight is 242 g/mol. The van der Waals surface area contributed by atoms with Crippen molar-refractivity contribution >= 4 is 11.8 Å². The van der Waals surface area contributed by atoms with Gasteiger partial charge in [0.2, 0.25) is 0 Å². The lowest BCUT2D eigenvalue weighted by Gasteiger charge is -2.38. The van der Waals surface area contributed by atoms with Crippen LogP contribution in [0.25, 0.3) is 0 Å². The summed E-state index contributed by atoms with van der Waals surface area (Å²) in [5.74, 6) is 0. The number of hydrogen-bond donors (Lipinski definition) is 1. The van der Waals surface area contributed by atoms with Crippen LogP contribution in [0.15, 0.2) is 0 Å². The Morgan fingerprint density at radius 1 is 1.25 bits per heavy atom. The van der Waals surface area contributed by atoms with Gasteiger partial charge in [-0.2, -0.15) is 11.8 Å². The molecule has 1 N–H and O–H groups in total. The van der Waals surface area contributed by atoms with Gasteiger partial charge in [-0.1, -0.05) is 13.8 Å². The van der Waals surface area contributed by atoms with Crippen molar-refractivity contribution < 1.29 is 0 Å². The molecule has 94 valence electrons. The van der Waals surface area contributed by atoms with Crippen LogP contribution in [-0.4, -0.2) is 47.1 Å². The van der Waals surface area contributed by atoms with E-state index in [0.717, 1.165) is 22.6 Å². The zero-order chi connectivity index (χ0) is 11.5. The van der Waals surface area contributed by atoms with E-state index in [-0.39, 0.29) is 0 Å². The van der Waals surface area contributed by atoms with Gasteiger partial charge < -0.3 is 5.32 Å². The van der Waals surface area contributed by atoms with Crippen LogP contribution in [0.5, 0.6) is 0 Å². The largest absolute Gasteiger partial charge is 0.314 e. The van der Waals surface area contributed by atoms with Gasteiger partial charge in [-0.3, -0.25) is 4.90 Å². The molecule has 0 radical (unpaired) electrons. The predicted molar refractivity (Wildman–Crippen MR) is 73.2 cm³/mol. The first-order chi connectivity index (χ1) is 7.65. The molecule has 1 aliphatic carbocycles. The van der Waals surface area contributed by atoms with Crippen molar-refractivity contribution in [2.24, 2.45) is 0 Å². The molecular formula is C13H26N2S. The number of hydrogen-bond acceptors (Lipinski definition) is 3. The maximum absolute atomic E-state index is 3.62. The fourth-order valence-corrected chi connectivity index (χ4v) is 3.89. The second kappa shape index (κ2) is 5.74. The Bertz CT molecular complexity index is 208. The third-order valence-corrected chi connectivity index (χ3v) is 4.87. The van der Waals surface area contributed by atoms with Crippen molar-refractivity contribution in [3.63, 3.8) is 0 Å². The molecule has 2 aliphatic rings. The van der Waals surface area contributed by atoms with E-state index in [1.165, 1.54) is 38.9 Å². The summed E-state index contributed by atoms with van der Waals surface area (Å²) in [5.41, 5.74) is 0. The monoisotopic (exact) mass is 242 g/mol. The Balaban J connectivity index is 1.67. The minimum atomic E-state index is 0.747. The van der Waals surface area contributed by atoms with Crippen molar-refractivity contribution in [2.45, 2.75) is 62.6 Å². The Hall–Kier alpha value is 0.270. The summed E-state index contributed by atoms with van der Waals surface area (Å²) in [4.78, 5) is 2.68. The number of nitrogens with zero attached hydrogens (tertiary/aromatic N) is 1. The van der Waals surface area contributed by atoms with Crippen molar-refractivity contribution in [3.05, 3.63) is 0 Å². The van der Waals surface area contributed by atoms with Gasteiger partial charge in [-0.25, -0.2) is 0 Å². The topological polar surface area (TPSA) is 15.3 Å². The minimum Gasteiger partial charge on any atom is -0.314 e. The lowest BCUT2D eigenvalue weighted by Crippen LogP contribution is -2.46. The van der Waals surface area contributed by atoms with Gasteiger partial charge in [0.05, 0.1) is 0 Å². The molecule has 0 bridgehead atoms. The first kappa shape index (κ1) is 12.7. The van der Waals surface area contributed by atoms with Crippen LogP contribution in [0.2, 0.25) is 0 Å². The molecule has 16 heavy (non-hydrogen) atoms. The standard InChI is InChI=1S/C13H26N2S/c1-10(6-7-14-13-4-5-13)15-8-11(2)16-12(3)9-15/h10-14H,4-9H2,1-3H3. The molecular weight excluding hydrogens is 216 g/mol. The van der Waals surface area contributed by atoms with Crippen LogP contribution in [0, 0.1) is 0 Å². The number of thioether (sulfide) groups is 1. The van der Waals surface area contributed by atoms with E-state index in [1.807, 2.05) is 0 Å². The van der Waals surface area contributed by atoms with E-state index in [4.69, 9.17) is 0 Å². The van der Waals surface area contributed by atoms with Crippen LogP contribution in [0.4, 0.5) is 0 Å². The van der Waals surface area contributed by atoms with Crippen LogP contribution in [-0.2, 0) is 0 Å². The van der Waals surface area contributed by atoms with Crippen molar-refractivity contribution in [1.82, 2.24) is 10.2 Å². The Labute approximate surface area is 105 Å². The van der Waals surface area contributed by atoms with Gasteiger partial charge in [-0.15, -0.1) is 0 Å². The van der Waals surface area contributed by atoms with E-state index in [9.17, 15) is 0 Å². The Kier molecular flexibility index (Phi) is 4.57. The predicted octanol–water partition coefficient (Wildman–Crippen LogP) is 2.34. The lowest BCUT2D eigenvalue weighted by atomic mass is 10.1. The summed E-state index contributed by atoms with van der Waals surface area (Å²) in [6.07, 6.45) is 4.12. The van der Waals surface area contributed by atoms with Gasteiger partial charge in [0.15, 0.2) is 0 Å². The van der Waals surface area contributed by atoms with E-state index < -0.39 is 0 Å². The third-order valence-electron chi connectivity index (χ3n) is 3.64. The Morgan fingerprint density at radius 3 is 2.44 bits per heavy atom. The molecule has 3 unspecified atom stereocenters. The molecule has 0 aromatic heterocycles. The number of rotatable bonds is 5. The molecule has 1 saturated heterocycles. The fourth-order valence-electron chi connectivity index (χ4n) is 2.54. The molecule has 3 atom stereocenters. The lowest BCUT2D eigenvalue weighted by molar-refractivity contribution is 0.196. The highest BCUT2D eigenvalue weighted by Crippen LogP contribution is 2.26. The summed E-state index contributed by atoms with van der Waals surface area (Å²) in [5, 5.41) is 5.23. The highest BCUT2D eigenvalue weighted by atomic mass is 32.2. The SMILES string of the molecule is CC1CN(C(C)CCNC2CC2)CC(C)S1. The zero-order valence-electron chi connectivity index (χ0n) is 10.9. The summed E-state index contributed by atoms with van der Waals surface area (Å²) in [6, 6.07) is 1.61. The quantitative estimate of drug-likeness (QED) is 0.797. The fraction of sp³-hybridized carbons (Fsp3) is 1.00. The molecule has 1 heterocycles. The van der Waals surface area contributed by atoms with Crippen LogP contribution in [0.3, 0.4) is 0 Å². The van der Waals surface area contributed by atoms with Crippen LogP contribution < -0.4 is 5.32 Å². The summed E-state index contributed by atoms with van der Waals surface area (Å²) in [6.45, 7) is 10.9. The van der Waals surface area contributed by atoms with E-state index in [0.29, 0.717) is 0 Å². The van der Waals surface area contributed by atoms with Crippen molar-refractivity contribution in [3.8, 4) is 0 Å². The van der Waals surface area contributed by atoms with Crippen LogP contribution >= 0.6 is 11.8 Å². The molecule has 2 fully saturated rings. The van der Waals surface area contributed by atoms with E-state index in [1.54, 1.807) is 0 Å². The summed E-state index contributed by atoms with van der Waals surface area (Å²) in [7, 11) is 0. The molecule has 3 heteroatoms. The van der Waals surface area contributed by atoms with Gasteiger partial charge in [0.25, 0.3) is 0 Å². The van der Waals surface area contributed by atoms with E-state index >= 15 is 0 Å². The molecule has 0 spiro atoms. The normalized spacial score (nSPS) is 33.9. The van der Waals surface area contributed by atoms with Crippen LogP contribution in [0.1, 0.15) is 40.0 Å².